The molecule has 3 unspecified atom stereocenters. The van der Waals surface area contributed by atoms with E-state index >= 15 is 0 Å². The molecule has 0 aromatic heterocycles. The SMILES string of the molecule is CC1CCNC(C(C)C(C)C)C1. The lowest BCUT2D eigenvalue weighted by molar-refractivity contribution is 0.219. The first-order chi connectivity index (χ1) is 5.61. The quantitative estimate of drug-likeness (QED) is 0.670. The zero-order valence-electron chi connectivity index (χ0n) is 8.93. The monoisotopic (exact) mass is 169 g/mol. The third-order valence-corrected chi connectivity index (χ3v) is 3.39. The van der Waals surface area contributed by atoms with Gasteiger partial charge in [0.25, 0.3) is 0 Å². The summed E-state index contributed by atoms with van der Waals surface area (Å²) in [5, 5.41) is 3.63. The predicted octanol–water partition coefficient (Wildman–Crippen LogP) is 2.67. The number of piperidine rings is 1. The van der Waals surface area contributed by atoms with E-state index in [0.29, 0.717) is 0 Å². The molecule has 0 aliphatic carbocycles. The van der Waals surface area contributed by atoms with Gasteiger partial charge in [-0.25, -0.2) is 0 Å². The Morgan fingerprint density at radius 2 is 1.92 bits per heavy atom. The van der Waals surface area contributed by atoms with Gasteiger partial charge in [0.05, 0.1) is 0 Å². The molecule has 0 aromatic rings. The van der Waals surface area contributed by atoms with Crippen molar-refractivity contribution >= 4 is 0 Å². The molecule has 1 aliphatic heterocycles. The first kappa shape index (κ1) is 10.0. The third kappa shape index (κ3) is 2.48. The highest BCUT2D eigenvalue weighted by Gasteiger charge is 2.24. The summed E-state index contributed by atoms with van der Waals surface area (Å²) in [7, 11) is 0. The molecule has 0 amide bonds. The number of nitrogens with one attached hydrogen (secondary N) is 1. The van der Waals surface area contributed by atoms with Gasteiger partial charge in [-0.15, -0.1) is 0 Å². The first-order valence-corrected chi connectivity index (χ1v) is 5.34. The first-order valence-electron chi connectivity index (χ1n) is 5.34. The number of rotatable bonds is 2. The molecule has 1 fully saturated rings. The Balaban J connectivity index is 2.40. The molecule has 72 valence electrons. The van der Waals surface area contributed by atoms with Gasteiger partial charge in [-0.1, -0.05) is 27.7 Å². The van der Waals surface area contributed by atoms with Crippen LogP contribution in [0, 0.1) is 17.8 Å². The Morgan fingerprint density at radius 3 is 2.42 bits per heavy atom. The van der Waals surface area contributed by atoms with Crippen LogP contribution in [0.4, 0.5) is 0 Å². The summed E-state index contributed by atoms with van der Waals surface area (Å²) < 4.78 is 0. The summed E-state index contributed by atoms with van der Waals surface area (Å²) in [6, 6.07) is 0.772. The highest BCUT2D eigenvalue weighted by molar-refractivity contribution is 4.81. The highest BCUT2D eigenvalue weighted by atomic mass is 14.9. The molecule has 1 nitrogen and oxygen atoms in total. The lowest BCUT2D eigenvalue weighted by atomic mass is 9.82. The molecular formula is C11H23N. The summed E-state index contributed by atoms with van der Waals surface area (Å²) in [5.74, 6) is 2.57. The molecule has 0 spiro atoms. The second-order valence-corrected chi connectivity index (χ2v) is 4.79. The molecule has 1 heterocycles. The molecule has 1 rings (SSSR count). The Labute approximate surface area is 76.9 Å². The minimum Gasteiger partial charge on any atom is -0.314 e. The van der Waals surface area contributed by atoms with Gasteiger partial charge in [-0.2, -0.15) is 0 Å². The van der Waals surface area contributed by atoms with Crippen LogP contribution in [0.5, 0.6) is 0 Å². The van der Waals surface area contributed by atoms with E-state index in [9.17, 15) is 0 Å². The standard InChI is InChI=1S/C11H23N/c1-8(2)10(4)11-7-9(3)5-6-12-11/h8-12H,5-7H2,1-4H3. The van der Waals surface area contributed by atoms with Gasteiger partial charge in [-0.05, 0) is 37.1 Å². The minimum atomic E-state index is 0.772. The topological polar surface area (TPSA) is 12.0 Å². The summed E-state index contributed by atoms with van der Waals surface area (Å²) in [5.41, 5.74) is 0. The summed E-state index contributed by atoms with van der Waals surface area (Å²) >= 11 is 0. The van der Waals surface area contributed by atoms with E-state index in [1.54, 1.807) is 0 Å². The van der Waals surface area contributed by atoms with Crippen molar-refractivity contribution in [2.75, 3.05) is 6.54 Å². The Bertz CT molecular complexity index is 131. The van der Waals surface area contributed by atoms with E-state index in [1.165, 1.54) is 19.4 Å². The average molecular weight is 169 g/mol. The Kier molecular flexibility index (Phi) is 3.57. The van der Waals surface area contributed by atoms with Crippen molar-refractivity contribution in [3.63, 3.8) is 0 Å². The van der Waals surface area contributed by atoms with Crippen LogP contribution >= 0.6 is 0 Å². The van der Waals surface area contributed by atoms with E-state index in [2.05, 4.69) is 33.0 Å². The molecule has 3 atom stereocenters. The largest absolute Gasteiger partial charge is 0.314 e. The van der Waals surface area contributed by atoms with Crippen LogP contribution in [0.25, 0.3) is 0 Å². The van der Waals surface area contributed by atoms with Crippen LogP contribution in [-0.2, 0) is 0 Å². The highest BCUT2D eigenvalue weighted by Crippen LogP contribution is 2.24. The molecule has 0 saturated carbocycles. The lowest BCUT2D eigenvalue weighted by Gasteiger charge is -2.34. The van der Waals surface area contributed by atoms with Gasteiger partial charge in [0, 0.05) is 6.04 Å². The minimum absolute atomic E-state index is 0.772. The van der Waals surface area contributed by atoms with Gasteiger partial charge < -0.3 is 5.32 Å². The number of hydrogen-bond donors (Lipinski definition) is 1. The molecule has 1 aliphatic rings. The molecule has 0 bridgehead atoms. The fraction of sp³-hybridized carbons (Fsp3) is 1.00. The van der Waals surface area contributed by atoms with Crippen LogP contribution in [0.1, 0.15) is 40.5 Å². The second-order valence-electron chi connectivity index (χ2n) is 4.79. The average Bonchev–Trinajstić information content (AvgIpc) is 2.03. The molecule has 1 N–H and O–H groups in total. The van der Waals surface area contributed by atoms with E-state index in [-0.39, 0.29) is 0 Å². The van der Waals surface area contributed by atoms with Gasteiger partial charge in [-0.3, -0.25) is 0 Å². The van der Waals surface area contributed by atoms with Gasteiger partial charge in [0.1, 0.15) is 0 Å². The normalized spacial score (nSPS) is 33.8. The molecule has 1 heteroatoms. The summed E-state index contributed by atoms with van der Waals surface area (Å²) in [4.78, 5) is 0. The summed E-state index contributed by atoms with van der Waals surface area (Å²) in [6.45, 7) is 10.6. The summed E-state index contributed by atoms with van der Waals surface area (Å²) in [6.07, 6.45) is 2.74. The maximum Gasteiger partial charge on any atom is 0.00976 e. The fourth-order valence-electron chi connectivity index (χ4n) is 2.01. The zero-order chi connectivity index (χ0) is 9.14. The molecule has 1 saturated heterocycles. The predicted molar refractivity (Wildman–Crippen MR) is 54.2 cm³/mol. The van der Waals surface area contributed by atoms with Crippen LogP contribution < -0.4 is 5.32 Å². The fourth-order valence-corrected chi connectivity index (χ4v) is 2.01. The maximum atomic E-state index is 3.63. The van der Waals surface area contributed by atoms with Crippen molar-refractivity contribution in [3.05, 3.63) is 0 Å². The van der Waals surface area contributed by atoms with Crippen LogP contribution in [0.2, 0.25) is 0 Å². The van der Waals surface area contributed by atoms with Crippen molar-refractivity contribution in [1.82, 2.24) is 5.32 Å². The van der Waals surface area contributed by atoms with Gasteiger partial charge in [0.2, 0.25) is 0 Å². The van der Waals surface area contributed by atoms with Gasteiger partial charge in [0.15, 0.2) is 0 Å². The van der Waals surface area contributed by atoms with Crippen molar-refractivity contribution < 1.29 is 0 Å². The molecule has 0 aromatic carbocycles. The molecule has 12 heavy (non-hydrogen) atoms. The third-order valence-electron chi connectivity index (χ3n) is 3.39. The van der Waals surface area contributed by atoms with Crippen molar-refractivity contribution in [2.45, 2.75) is 46.6 Å². The smallest absolute Gasteiger partial charge is 0.00976 e. The Morgan fingerprint density at radius 1 is 1.25 bits per heavy atom. The van der Waals surface area contributed by atoms with E-state index in [1.807, 2.05) is 0 Å². The van der Waals surface area contributed by atoms with Crippen molar-refractivity contribution in [1.29, 1.82) is 0 Å². The van der Waals surface area contributed by atoms with E-state index in [4.69, 9.17) is 0 Å². The van der Waals surface area contributed by atoms with Crippen molar-refractivity contribution in [3.8, 4) is 0 Å². The van der Waals surface area contributed by atoms with Gasteiger partial charge >= 0.3 is 0 Å². The van der Waals surface area contributed by atoms with Crippen LogP contribution in [-0.4, -0.2) is 12.6 Å². The molecule has 0 radical (unpaired) electrons. The maximum absolute atomic E-state index is 3.63. The second kappa shape index (κ2) is 4.27. The lowest BCUT2D eigenvalue weighted by Crippen LogP contribution is -2.43. The Hall–Kier alpha value is -0.0400. The van der Waals surface area contributed by atoms with Crippen molar-refractivity contribution in [2.24, 2.45) is 17.8 Å². The molecular weight excluding hydrogens is 146 g/mol. The van der Waals surface area contributed by atoms with E-state index < -0.39 is 0 Å². The van der Waals surface area contributed by atoms with E-state index in [0.717, 1.165) is 23.8 Å². The number of hydrogen-bond acceptors (Lipinski definition) is 1. The van der Waals surface area contributed by atoms with Crippen LogP contribution in [0.3, 0.4) is 0 Å². The van der Waals surface area contributed by atoms with Crippen LogP contribution in [0.15, 0.2) is 0 Å². The zero-order valence-corrected chi connectivity index (χ0v) is 8.93.